The second-order valence-electron chi connectivity index (χ2n) is 5.84. The Bertz CT molecular complexity index is 874. The third-order valence-corrected chi connectivity index (χ3v) is 4.04. The molecule has 138 valence electrons. The van der Waals surface area contributed by atoms with Gasteiger partial charge >= 0.3 is 0 Å². The van der Waals surface area contributed by atoms with Crippen LogP contribution in [-0.4, -0.2) is 25.5 Å². The van der Waals surface area contributed by atoms with E-state index >= 15 is 0 Å². The molecular weight excluding hydrogens is 344 g/mol. The molecule has 1 unspecified atom stereocenters. The van der Waals surface area contributed by atoms with Gasteiger partial charge in [-0.05, 0) is 35.4 Å². The monoisotopic (exact) mass is 364 g/mol. The van der Waals surface area contributed by atoms with Gasteiger partial charge in [-0.2, -0.15) is 0 Å². The summed E-state index contributed by atoms with van der Waals surface area (Å²) in [6.07, 6.45) is 1.41. The van der Waals surface area contributed by atoms with E-state index in [9.17, 15) is 9.59 Å². The van der Waals surface area contributed by atoms with Crippen LogP contribution in [-0.2, 0) is 4.79 Å². The van der Waals surface area contributed by atoms with Crippen LogP contribution in [0, 0.1) is 0 Å². The van der Waals surface area contributed by atoms with Gasteiger partial charge < -0.3 is 19.8 Å². The standard InChI is InChI=1S/C21H20N2O4/c1-26-17-11-9-16(10-12-17)20(15-6-3-2-4-7-15)23-19(24)14-22-21(25)18-8-5-13-27-18/h2-13,20H,14H2,1H3,(H,22,25)(H,23,24). The topological polar surface area (TPSA) is 80.6 Å². The Balaban J connectivity index is 1.71. The number of ether oxygens (including phenoxy) is 1. The molecule has 3 rings (SSSR count). The predicted molar refractivity (Wildman–Crippen MR) is 100 cm³/mol. The van der Waals surface area contributed by atoms with Gasteiger partial charge in [0.05, 0.1) is 26.0 Å². The number of carbonyl (C=O) groups is 2. The fraction of sp³-hybridized carbons (Fsp3) is 0.143. The minimum Gasteiger partial charge on any atom is -0.497 e. The molecule has 1 aromatic heterocycles. The first-order valence-corrected chi connectivity index (χ1v) is 8.47. The largest absolute Gasteiger partial charge is 0.497 e. The molecule has 0 radical (unpaired) electrons. The fourth-order valence-electron chi connectivity index (χ4n) is 2.67. The van der Waals surface area contributed by atoms with Crippen LogP contribution in [0.3, 0.4) is 0 Å². The molecule has 27 heavy (non-hydrogen) atoms. The molecule has 0 saturated carbocycles. The highest BCUT2D eigenvalue weighted by Crippen LogP contribution is 2.24. The van der Waals surface area contributed by atoms with E-state index in [0.29, 0.717) is 0 Å². The lowest BCUT2D eigenvalue weighted by Gasteiger charge is -2.20. The van der Waals surface area contributed by atoms with Crippen molar-refractivity contribution in [1.82, 2.24) is 10.6 Å². The number of methoxy groups -OCH3 is 1. The summed E-state index contributed by atoms with van der Waals surface area (Å²) in [6.45, 7) is -0.154. The van der Waals surface area contributed by atoms with Crippen molar-refractivity contribution in [2.24, 2.45) is 0 Å². The molecule has 2 N–H and O–H groups in total. The van der Waals surface area contributed by atoms with Crippen molar-refractivity contribution in [2.75, 3.05) is 13.7 Å². The highest BCUT2D eigenvalue weighted by Gasteiger charge is 2.18. The molecule has 3 aromatic rings. The molecule has 1 atom stereocenters. The van der Waals surface area contributed by atoms with E-state index in [-0.39, 0.29) is 24.3 Å². The predicted octanol–water partition coefficient (Wildman–Crippen LogP) is 2.92. The number of rotatable bonds is 7. The SMILES string of the molecule is COc1ccc(C(NC(=O)CNC(=O)c2ccco2)c2ccccc2)cc1. The summed E-state index contributed by atoms with van der Waals surface area (Å²) < 4.78 is 10.2. The van der Waals surface area contributed by atoms with Crippen LogP contribution >= 0.6 is 0 Å². The molecule has 6 heteroatoms. The van der Waals surface area contributed by atoms with Crippen LogP contribution in [0.1, 0.15) is 27.7 Å². The zero-order valence-corrected chi connectivity index (χ0v) is 14.8. The average Bonchev–Trinajstić information content (AvgIpc) is 3.26. The first-order valence-electron chi connectivity index (χ1n) is 8.47. The first kappa shape index (κ1) is 18.3. The van der Waals surface area contributed by atoms with E-state index in [1.165, 1.54) is 12.3 Å². The summed E-state index contributed by atoms with van der Waals surface area (Å²) in [4.78, 5) is 24.3. The average molecular weight is 364 g/mol. The van der Waals surface area contributed by atoms with Crippen molar-refractivity contribution < 1.29 is 18.7 Å². The number of carbonyl (C=O) groups excluding carboxylic acids is 2. The molecule has 2 amide bonds. The lowest BCUT2D eigenvalue weighted by Crippen LogP contribution is -2.38. The van der Waals surface area contributed by atoms with Crippen molar-refractivity contribution >= 4 is 11.8 Å². The molecule has 0 aliphatic heterocycles. The maximum atomic E-state index is 12.4. The Morgan fingerprint density at radius 1 is 0.963 bits per heavy atom. The highest BCUT2D eigenvalue weighted by atomic mass is 16.5. The van der Waals surface area contributed by atoms with E-state index < -0.39 is 5.91 Å². The Morgan fingerprint density at radius 2 is 1.67 bits per heavy atom. The van der Waals surface area contributed by atoms with Gasteiger partial charge in [0, 0.05) is 0 Å². The van der Waals surface area contributed by atoms with Crippen molar-refractivity contribution in [2.45, 2.75) is 6.04 Å². The Kier molecular flexibility index (Phi) is 5.89. The second-order valence-corrected chi connectivity index (χ2v) is 5.84. The van der Waals surface area contributed by atoms with Crippen molar-refractivity contribution in [3.05, 3.63) is 89.9 Å². The van der Waals surface area contributed by atoms with Gasteiger partial charge in [-0.3, -0.25) is 9.59 Å². The third-order valence-electron chi connectivity index (χ3n) is 4.04. The molecule has 0 fully saturated rings. The molecule has 0 bridgehead atoms. The van der Waals surface area contributed by atoms with Crippen LogP contribution in [0.4, 0.5) is 0 Å². The summed E-state index contributed by atoms with van der Waals surface area (Å²) in [5.41, 5.74) is 1.85. The second kappa shape index (κ2) is 8.71. The van der Waals surface area contributed by atoms with Gasteiger partial charge in [0.25, 0.3) is 5.91 Å². The number of furan rings is 1. The van der Waals surface area contributed by atoms with Crippen molar-refractivity contribution in [3.8, 4) is 5.75 Å². The van der Waals surface area contributed by atoms with Gasteiger partial charge in [0.1, 0.15) is 5.75 Å². The van der Waals surface area contributed by atoms with Gasteiger partial charge in [-0.25, -0.2) is 0 Å². The Hall–Kier alpha value is -3.54. The Morgan fingerprint density at radius 3 is 2.30 bits per heavy atom. The number of amides is 2. The van der Waals surface area contributed by atoms with Crippen LogP contribution < -0.4 is 15.4 Å². The molecule has 1 heterocycles. The van der Waals surface area contributed by atoms with E-state index in [0.717, 1.165) is 16.9 Å². The maximum Gasteiger partial charge on any atom is 0.287 e. The van der Waals surface area contributed by atoms with Crippen LogP contribution in [0.2, 0.25) is 0 Å². The zero-order chi connectivity index (χ0) is 19.1. The van der Waals surface area contributed by atoms with Gasteiger partial charge in [0.2, 0.25) is 5.91 Å². The van der Waals surface area contributed by atoms with E-state index in [1.54, 1.807) is 13.2 Å². The summed E-state index contributed by atoms with van der Waals surface area (Å²) in [7, 11) is 1.60. The molecular formula is C21H20N2O4. The number of benzene rings is 2. The normalized spacial score (nSPS) is 11.4. The molecule has 2 aromatic carbocycles. The fourth-order valence-corrected chi connectivity index (χ4v) is 2.67. The summed E-state index contributed by atoms with van der Waals surface area (Å²) in [5, 5.41) is 5.51. The van der Waals surface area contributed by atoms with Crippen LogP contribution in [0.25, 0.3) is 0 Å². The van der Waals surface area contributed by atoms with Gasteiger partial charge in [0.15, 0.2) is 5.76 Å². The van der Waals surface area contributed by atoms with Crippen molar-refractivity contribution in [3.63, 3.8) is 0 Å². The quantitative estimate of drug-likeness (QED) is 0.675. The van der Waals surface area contributed by atoms with Gasteiger partial charge in [-0.1, -0.05) is 42.5 Å². The molecule has 0 aliphatic carbocycles. The third kappa shape index (κ3) is 4.76. The lowest BCUT2D eigenvalue weighted by atomic mass is 9.98. The number of hydrogen-bond acceptors (Lipinski definition) is 4. The Labute approximate surface area is 157 Å². The maximum absolute atomic E-state index is 12.4. The summed E-state index contributed by atoms with van der Waals surface area (Å²) >= 11 is 0. The van der Waals surface area contributed by atoms with E-state index in [4.69, 9.17) is 9.15 Å². The molecule has 0 spiro atoms. The lowest BCUT2D eigenvalue weighted by molar-refractivity contribution is -0.120. The van der Waals surface area contributed by atoms with E-state index in [2.05, 4.69) is 10.6 Å². The molecule has 6 nitrogen and oxygen atoms in total. The number of nitrogens with one attached hydrogen (secondary N) is 2. The summed E-state index contributed by atoms with van der Waals surface area (Å²) in [5.74, 6) is 0.163. The molecule has 0 saturated heterocycles. The number of hydrogen-bond donors (Lipinski definition) is 2. The minimum absolute atomic E-state index is 0.154. The van der Waals surface area contributed by atoms with Crippen molar-refractivity contribution in [1.29, 1.82) is 0 Å². The van der Waals surface area contributed by atoms with Gasteiger partial charge in [-0.15, -0.1) is 0 Å². The minimum atomic E-state index is -0.434. The first-order chi connectivity index (χ1) is 13.2. The zero-order valence-electron chi connectivity index (χ0n) is 14.8. The highest BCUT2D eigenvalue weighted by molar-refractivity contribution is 5.94. The molecule has 0 aliphatic rings. The van der Waals surface area contributed by atoms with E-state index in [1.807, 2.05) is 54.6 Å². The van der Waals surface area contributed by atoms with Crippen LogP contribution in [0.5, 0.6) is 5.75 Å². The van der Waals surface area contributed by atoms with Crippen LogP contribution in [0.15, 0.2) is 77.4 Å². The summed E-state index contributed by atoms with van der Waals surface area (Å²) in [6, 6.07) is 19.9. The smallest absolute Gasteiger partial charge is 0.287 e.